The number of rotatable bonds is 4. The van der Waals surface area contributed by atoms with Crippen molar-refractivity contribution in [3.63, 3.8) is 0 Å². The maximum atomic E-state index is 2.44. The largest absolute Gasteiger partial charge is 0.340 e. The van der Waals surface area contributed by atoms with Gasteiger partial charge in [-0.25, -0.2) is 0 Å². The molecule has 0 aromatic heterocycles. The van der Waals surface area contributed by atoms with Gasteiger partial charge in [-0.2, -0.15) is 0 Å². The molecule has 0 bridgehead atoms. The van der Waals surface area contributed by atoms with Crippen LogP contribution in [0.2, 0.25) is 0 Å². The average Bonchev–Trinajstić information content (AvgIpc) is 2.60. The quantitative estimate of drug-likeness (QED) is 0.604. The van der Waals surface area contributed by atoms with Crippen LogP contribution in [0, 0.1) is 13.8 Å². The SMILES string of the molecule is CCCC1=CN(c2ccc(C)cc2)C(C)C(c2ccc(C)cc2)=C1C. The number of aryl methyl sites for hydroxylation is 2. The molecule has 0 aliphatic carbocycles. The monoisotopic (exact) mass is 331 g/mol. The Balaban J connectivity index is 2.08. The summed E-state index contributed by atoms with van der Waals surface area (Å²) < 4.78 is 0. The summed E-state index contributed by atoms with van der Waals surface area (Å²) >= 11 is 0. The molecule has 1 atom stereocenters. The van der Waals surface area contributed by atoms with Gasteiger partial charge in [-0.05, 0) is 68.5 Å². The van der Waals surface area contributed by atoms with Crippen LogP contribution in [-0.2, 0) is 0 Å². The molecule has 0 fully saturated rings. The fraction of sp³-hybridized carbons (Fsp3) is 0.333. The van der Waals surface area contributed by atoms with E-state index in [1.807, 2.05) is 0 Å². The number of hydrogen-bond donors (Lipinski definition) is 0. The second-order valence-electron chi connectivity index (χ2n) is 7.23. The van der Waals surface area contributed by atoms with Crippen LogP contribution >= 0.6 is 0 Å². The van der Waals surface area contributed by atoms with Gasteiger partial charge in [-0.3, -0.25) is 0 Å². The number of nitrogens with zero attached hydrogens (tertiary/aromatic N) is 1. The highest BCUT2D eigenvalue weighted by Gasteiger charge is 2.26. The Kier molecular flexibility index (Phi) is 5.13. The second kappa shape index (κ2) is 7.31. The minimum atomic E-state index is 0.325. The molecule has 1 aliphatic heterocycles. The van der Waals surface area contributed by atoms with E-state index >= 15 is 0 Å². The van der Waals surface area contributed by atoms with Crippen LogP contribution in [0.15, 0.2) is 65.9 Å². The van der Waals surface area contributed by atoms with Gasteiger partial charge >= 0.3 is 0 Å². The van der Waals surface area contributed by atoms with Gasteiger partial charge < -0.3 is 4.90 Å². The van der Waals surface area contributed by atoms with E-state index in [-0.39, 0.29) is 0 Å². The third-order valence-electron chi connectivity index (χ3n) is 5.23. The molecule has 2 aromatic rings. The molecule has 0 radical (unpaired) electrons. The van der Waals surface area contributed by atoms with Gasteiger partial charge in [-0.15, -0.1) is 0 Å². The van der Waals surface area contributed by atoms with Crippen molar-refractivity contribution in [2.45, 2.75) is 53.5 Å². The first-order valence-electron chi connectivity index (χ1n) is 9.35. The molecule has 1 unspecified atom stereocenters. The Morgan fingerprint density at radius 3 is 1.96 bits per heavy atom. The van der Waals surface area contributed by atoms with E-state index in [2.05, 4.69) is 94.2 Å². The van der Waals surface area contributed by atoms with Crippen LogP contribution in [0.25, 0.3) is 5.57 Å². The highest BCUT2D eigenvalue weighted by Crippen LogP contribution is 2.38. The lowest BCUT2D eigenvalue weighted by Crippen LogP contribution is -2.33. The molecule has 1 heterocycles. The molecule has 1 aliphatic rings. The molecule has 0 saturated carbocycles. The third-order valence-corrected chi connectivity index (χ3v) is 5.23. The lowest BCUT2D eigenvalue weighted by atomic mass is 9.86. The van der Waals surface area contributed by atoms with Crippen molar-refractivity contribution in [3.05, 3.63) is 82.6 Å². The minimum absolute atomic E-state index is 0.325. The summed E-state index contributed by atoms with van der Waals surface area (Å²) in [4.78, 5) is 2.44. The minimum Gasteiger partial charge on any atom is -0.340 e. The summed E-state index contributed by atoms with van der Waals surface area (Å²) in [6, 6.07) is 18.2. The van der Waals surface area contributed by atoms with E-state index in [0.717, 1.165) is 6.42 Å². The smallest absolute Gasteiger partial charge is 0.0566 e. The molecule has 0 N–H and O–H groups in total. The van der Waals surface area contributed by atoms with Crippen LogP contribution in [-0.4, -0.2) is 6.04 Å². The molecule has 0 spiro atoms. The maximum absolute atomic E-state index is 2.44. The van der Waals surface area contributed by atoms with Gasteiger partial charge in [0.1, 0.15) is 0 Å². The van der Waals surface area contributed by atoms with Gasteiger partial charge in [-0.1, -0.05) is 60.9 Å². The number of allylic oxidation sites excluding steroid dienone is 2. The lowest BCUT2D eigenvalue weighted by Gasteiger charge is -2.37. The van der Waals surface area contributed by atoms with Crippen LogP contribution in [0.3, 0.4) is 0 Å². The average molecular weight is 332 g/mol. The second-order valence-corrected chi connectivity index (χ2v) is 7.23. The summed E-state index contributed by atoms with van der Waals surface area (Å²) in [7, 11) is 0. The van der Waals surface area contributed by atoms with Gasteiger partial charge in [0.15, 0.2) is 0 Å². The summed E-state index contributed by atoms with van der Waals surface area (Å²) in [6.07, 6.45) is 4.66. The van der Waals surface area contributed by atoms with E-state index in [0.29, 0.717) is 6.04 Å². The van der Waals surface area contributed by atoms with Crippen molar-refractivity contribution in [2.24, 2.45) is 0 Å². The molecular weight excluding hydrogens is 302 g/mol. The third kappa shape index (κ3) is 3.56. The van der Waals surface area contributed by atoms with Gasteiger partial charge in [0.2, 0.25) is 0 Å². The first kappa shape index (κ1) is 17.5. The molecule has 0 amide bonds. The molecule has 3 rings (SSSR count). The fourth-order valence-electron chi connectivity index (χ4n) is 3.73. The van der Waals surface area contributed by atoms with Crippen molar-refractivity contribution in [1.82, 2.24) is 0 Å². The summed E-state index contributed by atoms with van der Waals surface area (Å²) in [5.41, 5.74) is 9.57. The van der Waals surface area contributed by atoms with E-state index in [1.165, 1.54) is 45.5 Å². The number of benzene rings is 2. The van der Waals surface area contributed by atoms with Gasteiger partial charge in [0, 0.05) is 11.9 Å². The maximum Gasteiger partial charge on any atom is 0.0566 e. The number of anilines is 1. The van der Waals surface area contributed by atoms with Crippen molar-refractivity contribution in [3.8, 4) is 0 Å². The zero-order valence-electron chi connectivity index (χ0n) is 16.1. The zero-order valence-corrected chi connectivity index (χ0v) is 16.1. The Labute approximate surface area is 152 Å². The summed E-state index contributed by atoms with van der Waals surface area (Å²) in [6.45, 7) is 11.2. The highest BCUT2D eigenvalue weighted by atomic mass is 15.1. The first-order valence-corrected chi connectivity index (χ1v) is 9.35. The van der Waals surface area contributed by atoms with Crippen LogP contribution in [0.4, 0.5) is 5.69 Å². The van der Waals surface area contributed by atoms with Crippen LogP contribution < -0.4 is 4.90 Å². The predicted octanol–water partition coefficient (Wildman–Crippen LogP) is 6.67. The molecule has 1 heteroatoms. The van der Waals surface area contributed by atoms with E-state index in [4.69, 9.17) is 0 Å². The molecule has 0 saturated heterocycles. The Morgan fingerprint density at radius 2 is 1.40 bits per heavy atom. The Hall–Kier alpha value is -2.28. The molecule has 2 aromatic carbocycles. The van der Waals surface area contributed by atoms with Crippen molar-refractivity contribution < 1.29 is 0 Å². The Morgan fingerprint density at radius 1 is 0.840 bits per heavy atom. The standard InChI is InChI=1S/C24H29N/c1-6-7-22-16-25(23-14-10-18(3)11-15-23)20(5)24(19(22)4)21-12-8-17(2)9-13-21/h8-16,20H,6-7H2,1-5H3. The van der Waals surface area contributed by atoms with Gasteiger partial charge in [0.05, 0.1) is 6.04 Å². The highest BCUT2D eigenvalue weighted by molar-refractivity contribution is 5.81. The van der Waals surface area contributed by atoms with Crippen LogP contribution in [0.1, 0.15) is 50.3 Å². The molecular formula is C24H29N. The van der Waals surface area contributed by atoms with E-state index in [1.54, 1.807) is 0 Å². The van der Waals surface area contributed by atoms with Crippen molar-refractivity contribution >= 4 is 11.3 Å². The lowest BCUT2D eigenvalue weighted by molar-refractivity contribution is 0.816. The van der Waals surface area contributed by atoms with E-state index < -0.39 is 0 Å². The van der Waals surface area contributed by atoms with E-state index in [9.17, 15) is 0 Å². The van der Waals surface area contributed by atoms with Crippen molar-refractivity contribution in [1.29, 1.82) is 0 Å². The first-order chi connectivity index (χ1) is 12.0. The fourth-order valence-corrected chi connectivity index (χ4v) is 3.73. The van der Waals surface area contributed by atoms with Crippen LogP contribution in [0.5, 0.6) is 0 Å². The normalized spacial score (nSPS) is 17.7. The molecule has 130 valence electrons. The number of hydrogen-bond acceptors (Lipinski definition) is 1. The topological polar surface area (TPSA) is 3.24 Å². The predicted molar refractivity (Wildman–Crippen MR) is 110 cm³/mol. The molecule has 1 nitrogen and oxygen atoms in total. The Bertz CT molecular complexity index is 791. The zero-order chi connectivity index (χ0) is 18.0. The van der Waals surface area contributed by atoms with Gasteiger partial charge in [0.25, 0.3) is 0 Å². The summed E-state index contributed by atoms with van der Waals surface area (Å²) in [5, 5.41) is 0. The van der Waals surface area contributed by atoms with Crippen molar-refractivity contribution in [2.75, 3.05) is 4.90 Å². The molecule has 25 heavy (non-hydrogen) atoms. The summed E-state index contributed by atoms with van der Waals surface area (Å²) in [5.74, 6) is 0.